The Morgan fingerprint density at radius 1 is 0.957 bits per heavy atom. The molecule has 1 saturated carbocycles. The Morgan fingerprint density at radius 2 is 1.59 bits per heavy atom. The lowest BCUT2D eigenvalue weighted by atomic mass is 9.76. The van der Waals surface area contributed by atoms with Gasteiger partial charge in [-0.15, -0.1) is 0 Å². The highest BCUT2D eigenvalue weighted by molar-refractivity contribution is 5.89. The lowest BCUT2D eigenvalue weighted by Crippen LogP contribution is -2.52. The first kappa shape index (κ1) is 36.8. The molecule has 3 rings (SSSR count). The summed E-state index contributed by atoms with van der Waals surface area (Å²) in [7, 11) is 0. The van der Waals surface area contributed by atoms with E-state index in [9.17, 15) is 29.1 Å². The van der Waals surface area contributed by atoms with E-state index in [1.807, 2.05) is 30.3 Å². The monoisotopic (exact) mass is 645 g/mol. The molecule has 2 aliphatic rings. The fourth-order valence-corrected chi connectivity index (χ4v) is 5.95. The Balaban J connectivity index is 1.72. The maximum Gasteiger partial charge on any atom is 0.410 e. The van der Waals surface area contributed by atoms with Gasteiger partial charge < -0.3 is 30.0 Å². The van der Waals surface area contributed by atoms with Crippen molar-refractivity contribution in [1.29, 1.82) is 0 Å². The highest BCUT2D eigenvalue weighted by Crippen LogP contribution is 2.44. The molecule has 0 unspecified atom stereocenters. The number of carboxylic acids is 1. The normalized spacial score (nSPS) is 19.2. The second kappa shape index (κ2) is 15.8. The highest BCUT2D eigenvalue weighted by Gasteiger charge is 2.46. The molecular weight excluding hydrogens is 594 g/mol. The van der Waals surface area contributed by atoms with Crippen molar-refractivity contribution in [1.82, 2.24) is 15.5 Å². The first-order valence-electron chi connectivity index (χ1n) is 16.2. The second-order valence-corrected chi connectivity index (χ2v) is 14.4. The Labute approximate surface area is 271 Å². The van der Waals surface area contributed by atoms with E-state index in [4.69, 9.17) is 14.2 Å². The predicted molar refractivity (Wildman–Crippen MR) is 169 cm³/mol. The largest absolute Gasteiger partial charge is 0.480 e. The van der Waals surface area contributed by atoms with Crippen molar-refractivity contribution in [2.45, 2.75) is 116 Å². The third-order valence-electron chi connectivity index (χ3n) is 8.13. The number of aliphatic carboxylic acids is 1. The number of hydrogen-bond acceptors (Lipinski definition) is 8. The molecule has 256 valence electrons. The van der Waals surface area contributed by atoms with Gasteiger partial charge in [-0.2, -0.15) is 0 Å². The summed E-state index contributed by atoms with van der Waals surface area (Å²) in [4.78, 5) is 66.9. The average Bonchev–Trinajstić information content (AvgIpc) is 3.64. The summed E-state index contributed by atoms with van der Waals surface area (Å²) in [6.45, 7) is 10.7. The number of hydrogen-bond donors (Lipinski definition) is 3. The molecule has 0 spiro atoms. The summed E-state index contributed by atoms with van der Waals surface area (Å²) in [6, 6.07) is 7.27. The van der Waals surface area contributed by atoms with E-state index in [-0.39, 0.29) is 26.2 Å². The van der Waals surface area contributed by atoms with Gasteiger partial charge in [0.25, 0.3) is 0 Å². The summed E-state index contributed by atoms with van der Waals surface area (Å²) >= 11 is 0. The van der Waals surface area contributed by atoms with Crippen molar-refractivity contribution in [3.8, 4) is 0 Å². The Kier molecular flexibility index (Phi) is 12.6. The van der Waals surface area contributed by atoms with E-state index in [0.29, 0.717) is 32.2 Å². The van der Waals surface area contributed by atoms with Gasteiger partial charge in [0, 0.05) is 13.1 Å². The Morgan fingerprint density at radius 3 is 2.17 bits per heavy atom. The number of carbonyl (C=O) groups is 5. The van der Waals surface area contributed by atoms with Crippen LogP contribution in [-0.2, 0) is 40.0 Å². The number of nitrogens with one attached hydrogen (secondary N) is 2. The van der Waals surface area contributed by atoms with Gasteiger partial charge in [-0.25, -0.2) is 9.59 Å². The highest BCUT2D eigenvalue weighted by atomic mass is 16.6. The molecule has 12 heteroatoms. The fraction of sp³-hybridized carbons (Fsp3) is 0.676. The van der Waals surface area contributed by atoms with Gasteiger partial charge in [0.05, 0.1) is 24.5 Å². The smallest absolute Gasteiger partial charge is 0.410 e. The molecule has 3 atom stereocenters. The summed E-state index contributed by atoms with van der Waals surface area (Å²) < 4.78 is 16.8. The van der Waals surface area contributed by atoms with Crippen LogP contribution in [0.4, 0.5) is 4.79 Å². The number of amides is 3. The van der Waals surface area contributed by atoms with Crippen molar-refractivity contribution >= 4 is 29.8 Å². The van der Waals surface area contributed by atoms with Gasteiger partial charge in [0.15, 0.2) is 6.04 Å². The van der Waals surface area contributed by atoms with E-state index in [2.05, 4.69) is 10.6 Å². The summed E-state index contributed by atoms with van der Waals surface area (Å²) in [5.41, 5.74) is -1.69. The van der Waals surface area contributed by atoms with Crippen molar-refractivity contribution < 1.29 is 43.3 Å². The SMILES string of the molecule is CC(C)(C)OC(=O)[C@H](CNC(=O)[C@@H]1CCCN1C(=O)OC(C)(C)C)CC1(C(=O)N[C@@H](COCc2ccccc2)C(=O)O)CCCC1. The summed E-state index contributed by atoms with van der Waals surface area (Å²) in [5.74, 6) is -3.56. The molecule has 1 aliphatic carbocycles. The van der Waals surface area contributed by atoms with E-state index in [1.54, 1.807) is 41.5 Å². The Hall–Kier alpha value is -3.67. The van der Waals surface area contributed by atoms with Crippen LogP contribution in [0.15, 0.2) is 30.3 Å². The van der Waals surface area contributed by atoms with Crippen LogP contribution in [-0.4, -0.2) is 82.8 Å². The van der Waals surface area contributed by atoms with E-state index in [1.165, 1.54) is 4.90 Å². The van der Waals surface area contributed by atoms with E-state index < -0.39 is 64.5 Å². The maximum atomic E-state index is 13.8. The molecule has 1 aromatic rings. The van der Waals surface area contributed by atoms with Gasteiger partial charge in [0.2, 0.25) is 11.8 Å². The number of ether oxygens (including phenoxy) is 3. The maximum absolute atomic E-state index is 13.8. The van der Waals surface area contributed by atoms with Crippen LogP contribution < -0.4 is 10.6 Å². The van der Waals surface area contributed by atoms with E-state index in [0.717, 1.165) is 18.4 Å². The lowest BCUT2D eigenvalue weighted by molar-refractivity contribution is -0.162. The molecule has 3 N–H and O–H groups in total. The van der Waals surface area contributed by atoms with Gasteiger partial charge >= 0.3 is 18.0 Å². The minimum Gasteiger partial charge on any atom is -0.480 e. The number of nitrogens with zero attached hydrogens (tertiary/aromatic N) is 1. The van der Waals surface area contributed by atoms with E-state index >= 15 is 0 Å². The number of rotatable bonds is 13. The predicted octanol–water partition coefficient (Wildman–Crippen LogP) is 4.20. The molecule has 0 aromatic heterocycles. The average molecular weight is 646 g/mol. The third kappa shape index (κ3) is 11.0. The fourth-order valence-electron chi connectivity index (χ4n) is 5.95. The van der Waals surface area contributed by atoms with Crippen LogP contribution in [0.5, 0.6) is 0 Å². The molecule has 2 fully saturated rings. The minimum absolute atomic E-state index is 0.0612. The first-order chi connectivity index (χ1) is 21.5. The van der Waals surface area contributed by atoms with Crippen LogP contribution in [0, 0.1) is 11.3 Å². The van der Waals surface area contributed by atoms with Crippen LogP contribution >= 0.6 is 0 Å². The van der Waals surface area contributed by atoms with Crippen LogP contribution in [0.25, 0.3) is 0 Å². The zero-order valence-corrected chi connectivity index (χ0v) is 28.1. The zero-order valence-electron chi connectivity index (χ0n) is 28.1. The Bertz CT molecular complexity index is 1220. The zero-order chi connectivity index (χ0) is 34.1. The minimum atomic E-state index is -1.28. The first-order valence-corrected chi connectivity index (χ1v) is 16.2. The van der Waals surface area contributed by atoms with Crippen molar-refractivity contribution in [3.05, 3.63) is 35.9 Å². The second-order valence-electron chi connectivity index (χ2n) is 14.4. The number of esters is 1. The molecule has 3 amide bonds. The molecular formula is C34H51N3O9. The third-order valence-corrected chi connectivity index (χ3v) is 8.13. The molecule has 1 saturated heterocycles. The molecule has 12 nitrogen and oxygen atoms in total. The van der Waals surface area contributed by atoms with Crippen molar-refractivity contribution in [2.24, 2.45) is 11.3 Å². The van der Waals surface area contributed by atoms with Gasteiger partial charge in [-0.3, -0.25) is 19.3 Å². The molecule has 0 bridgehead atoms. The van der Waals surface area contributed by atoms with Gasteiger partial charge in [-0.05, 0) is 79.2 Å². The molecule has 0 radical (unpaired) electrons. The summed E-state index contributed by atoms with van der Waals surface area (Å²) in [5, 5.41) is 15.4. The van der Waals surface area contributed by atoms with Crippen molar-refractivity contribution in [2.75, 3.05) is 19.7 Å². The molecule has 1 aromatic carbocycles. The van der Waals surface area contributed by atoms with Crippen LogP contribution in [0.2, 0.25) is 0 Å². The van der Waals surface area contributed by atoms with Crippen LogP contribution in [0.3, 0.4) is 0 Å². The summed E-state index contributed by atoms with van der Waals surface area (Å²) in [6.07, 6.45) is 2.96. The topological polar surface area (TPSA) is 161 Å². The number of carboxylic acid groups (broad SMARTS) is 1. The molecule has 1 heterocycles. The molecule has 1 aliphatic heterocycles. The van der Waals surface area contributed by atoms with Crippen LogP contribution in [0.1, 0.15) is 92.1 Å². The number of carbonyl (C=O) groups excluding carboxylic acids is 4. The quantitative estimate of drug-likeness (QED) is 0.267. The number of benzene rings is 1. The van der Waals surface area contributed by atoms with Gasteiger partial charge in [-0.1, -0.05) is 43.2 Å². The standard InChI is InChI=1S/C34H51N3O9/c1-32(2,3)45-29(41)24(20-35-27(38)26-15-12-18-37(26)31(43)46-33(4,5)6)19-34(16-10-11-17-34)30(42)36-25(28(39)40)22-44-21-23-13-8-7-9-14-23/h7-9,13-14,24-26H,10-12,15-22H2,1-6H3,(H,35,38)(H,36,42)(H,39,40)/t24-,25-,26-/m0/s1. The van der Waals surface area contributed by atoms with Crippen molar-refractivity contribution in [3.63, 3.8) is 0 Å². The number of likely N-dealkylation sites (tertiary alicyclic amines) is 1. The van der Waals surface area contributed by atoms with Gasteiger partial charge in [0.1, 0.15) is 17.2 Å². The lowest BCUT2D eigenvalue weighted by Gasteiger charge is -2.34. The molecule has 46 heavy (non-hydrogen) atoms.